The predicted octanol–water partition coefficient (Wildman–Crippen LogP) is 3.97. The van der Waals surface area contributed by atoms with E-state index in [4.69, 9.17) is 0 Å². The summed E-state index contributed by atoms with van der Waals surface area (Å²) >= 11 is 0. The van der Waals surface area contributed by atoms with Gasteiger partial charge in [0.25, 0.3) is 0 Å². The maximum absolute atomic E-state index is 3.35. The molecule has 0 saturated heterocycles. The highest BCUT2D eigenvalue weighted by Crippen LogP contribution is 2.25. The fourth-order valence-electron chi connectivity index (χ4n) is 2.68. The minimum atomic E-state index is 0.339. The first-order chi connectivity index (χ1) is 9.79. The standard InChI is InChI=1S/C18H20N2/c1-14(19-2)18-12-16-10-6-7-11-17(16)20(18)13-15-8-4-3-5-9-15/h3-12,14,19H,13H2,1-2H3. The van der Waals surface area contributed by atoms with E-state index in [0.717, 1.165) is 6.54 Å². The molecule has 0 aliphatic heterocycles. The Morgan fingerprint density at radius 1 is 1.00 bits per heavy atom. The van der Waals surface area contributed by atoms with Gasteiger partial charge in [0.1, 0.15) is 0 Å². The molecule has 3 aromatic rings. The molecule has 0 saturated carbocycles. The zero-order chi connectivity index (χ0) is 13.9. The Morgan fingerprint density at radius 3 is 2.45 bits per heavy atom. The topological polar surface area (TPSA) is 17.0 Å². The van der Waals surface area contributed by atoms with Crippen molar-refractivity contribution < 1.29 is 0 Å². The van der Waals surface area contributed by atoms with E-state index in [1.54, 1.807) is 0 Å². The molecule has 1 N–H and O–H groups in total. The molecule has 0 bridgehead atoms. The molecule has 1 atom stereocenters. The number of hydrogen-bond acceptors (Lipinski definition) is 1. The van der Waals surface area contributed by atoms with E-state index >= 15 is 0 Å². The summed E-state index contributed by atoms with van der Waals surface area (Å²) in [5, 5.41) is 4.65. The highest BCUT2D eigenvalue weighted by atomic mass is 15.0. The number of nitrogens with zero attached hydrogens (tertiary/aromatic N) is 1. The van der Waals surface area contributed by atoms with Crippen molar-refractivity contribution in [2.24, 2.45) is 0 Å². The van der Waals surface area contributed by atoms with Crippen molar-refractivity contribution in [1.29, 1.82) is 0 Å². The van der Waals surface area contributed by atoms with Crippen LogP contribution in [0, 0.1) is 0 Å². The lowest BCUT2D eigenvalue weighted by Gasteiger charge is -2.16. The first-order valence-electron chi connectivity index (χ1n) is 7.09. The molecular weight excluding hydrogens is 244 g/mol. The monoisotopic (exact) mass is 264 g/mol. The third-order valence-electron chi connectivity index (χ3n) is 3.90. The van der Waals surface area contributed by atoms with Crippen LogP contribution in [0.5, 0.6) is 0 Å². The largest absolute Gasteiger partial charge is 0.339 e. The molecule has 0 radical (unpaired) electrons. The second-order valence-electron chi connectivity index (χ2n) is 5.21. The summed E-state index contributed by atoms with van der Waals surface area (Å²) in [6.45, 7) is 3.12. The van der Waals surface area contributed by atoms with E-state index in [2.05, 4.69) is 77.5 Å². The number of fused-ring (bicyclic) bond motifs is 1. The Labute approximate surface area is 120 Å². The summed E-state index contributed by atoms with van der Waals surface area (Å²) < 4.78 is 2.41. The van der Waals surface area contributed by atoms with E-state index in [9.17, 15) is 0 Å². The molecule has 3 rings (SSSR count). The summed E-state index contributed by atoms with van der Waals surface area (Å²) in [5.74, 6) is 0. The van der Waals surface area contributed by atoms with E-state index in [0.29, 0.717) is 6.04 Å². The van der Waals surface area contributed by atoms with Gasteiger partial charge in [0, 0.05) is 23.8 Å². The molecule has 2 nitrogen and oxygen atoms in total. The van der Waals surface area contributed by atoms with Crippen LogP contribution < -0.4 is 5.32 Å². The fraction of sp³-hybridized carbons (Fsp3) is 0.222. The van der Waals surface area contributed by atoms with Crippen LogP contribution in [0.2, 0.25) is 0 Å². The molecule has 0 aliphatic carbocycles. The van der Waals surface area contributed by atoms with Crippen LogP contribution in [0.4, 0.5) is 0 Å². The van der Waals surface area contributed by atoms with Gasteiger partial charge in [-0.2, -0.15) is 0 Å². The van der Waals surface area contributed by atoms with Crippen molar-refractivity contribution in [1.82, 2.24) is 9.88 Å². The minimum Gasteiger partial charge on any atom is -0.339 e. The molecule has 0 amide bonds. The number of hydrogen-bond donors (Lipinski definition) is 1. The Hall–Kier alpha value is -2.06. The van der Waals surface area contributed by atoms with Gasteiger partial charge in [-0.3, -0.25) is 0 Å². The molecule has 0 spiro atoms. The molecule has 1 heterocycles. The molecule has 0 fully saturated rings. The molecule has 2 aromatic carbocycles. The van der Waals surface area contributed by atoms with E-state index in [-0.39, 0.29) is 0 Å². The Bertz CT molecular complexity index is 698. The number of benzene rings is 2. The lowest BCUT2D eigenvalue weighted by atomic mass is 10.2. The van der Waals surface area contributed by atoms with Crippen LogP contribution >= 0.6 is 0 Å². The molecule has 2 heteroatoms. The first-order valence-corrected chi connectivity index (χ1v) is 7.09. The van der Waals surface area contributed by atoms with Crippen molar-refractivity contribution in [3.05, 3.63) is 71.9 Å². The molecule has 20 heavy (non-hydrogen) atoms. The average Bonchev–Trinajstić information content (AvgIpc) is 2.86. The molecule has 0 aliphatic rings. The highest BCUT2D eigenvalue weighted by Gasteiger charge is 2.13. The molecule has 102 valence electrons. The number of rotatable bonds is 4. The van der Waals surface area contributed by atoms with Crippen molar-refractivity contribution in [2.75, 3.05) is 7.05 Å². The van der Waals surface area contributed by atoms with Gasteiger partial charge in [-0.25, -0.2) is 0 Å². The third kappa shape index (κ3) is 2.35. The van der Waals surface area contributed by atoms with Gasteiger partial charge in [-0.05, 0) is 37.1 Å². The summed E-state index contributed by atoms with van der Waals surface area (Å²) in [7, 11) is 2.01. The van der Waals surface area contributed by atoms with Crippen LogP contribution in [0.3, 0.4) is 0 Å². The van der Waals surface area contributed by atoms with E-state index < -0.39 is 0 Å². The summed E-state index contributed by atoms with van der Waals surface area (Å²) in [6, 6.07) is 21.8. The number of aromatic nitrogens is 1. The van der Waals surface area contributed by atoms with E-state index in [1.807, 2.05) is 7.05 Å². The maximum atomic E-state index is 3.35. The van der Waals surface area contributed by atoms with Gasteiger partial charge in [0.15, 0.2) is 0 Å². The van der Waals surface area contributed by atoms with Gasteiger partial charge in [0.05, 0.1) is 0 Å². The molecule has 1 unspecified atom stereocenters. The quantitative estimate of drug-likeness (QED) is 0.754. The number of nitrogens with one attached hydrogen (secondary N) is 1. The minimum absolute atomic E-state index is 0.339. The number of para-hydroxylation sites is 1. The fourth-order valence-corrected chi connectivity index (χ4v) is 2.68. The van der Waals surface area contributed by atoms with Crippen molar-refractivity contribution in [3.63, 3.8) is 0 Å². The lowest BCUT2D eigenvalue weighted by Crippen LogP contribution is -2.17. The lowest BCUT2D eigenvalue weighted by molar-refractivity contribution is 0.596. The van der Waals surface area contributed by atoms with Crippen molar-refractivity contribution in [3.8, 4) is 0 Å². The van der Waals surface area contributed by atoms with E-state index in [1.165, 1.54) is 22.2 Å². The third-order valence-corrected chi connectivity index (χ3v) is 3.90. The van der Waals surface area contributed by atoms with Crippen molar-refractivity contribution in [2.45, 2.75) is 19.5 Å². The van der Waals surface area contributed by atoms with Crippen LogP contribution in [0.1, 0.15) is 24.2 Å². The van der Waals surface area contributed by atoms with Crippen LogP contribution in [-0.2, 0) is 6.54 Å². The Balaban J connectivity index is 2.11. The smallest absolute Gasteiger partial charge is 0.0486 e. The van der Waals surface area contributed by atoms with Crippen molar-refractivity contribution >= 4 is 10.9 Å². The van der Waals surface area contributed by atoms with Crippen LogP contribution in [0.15, 0.2) is 60.7 Å². The van der Waals surface area contributed by atoms with Gasteiger partial charge in [-0.1, -0.05) is 48.5 Å². The average molecular weight is 264 g/mol. The molecule has 1 aromatic heterocycles. The van der Waals surface area contributed by atoms with Crippen LogP contribution in [0.25, 0.3) is 10.9 Å². The Morgan fingerprint density at radius 2 is 1.70 bits per heavy atom. The molecular formula is C18H20N2. The van der Waals surface area contributed by atoms with Crippen LogP contribution in [-0.4, -0.2) is 11.6 Å². The second-order valence-corrected chi connectivity index (χ2v) is 5.21. The zero-order valence-corrected chi connectivity index (χ0v) is 12.0. The predicted molar refractivity (Wildman–Crippen MR) is 85.0 cm³/mol. The highest BCUT2D eigenvalue weighted by molar-refractivity contribution is 5.81. The normalized spacial score (nSPS) is 12.7. The van der Waals surface area contributed by atoms with Gasteiger partial charge in [-0.15, -0.1) is 0 Å². The maximum Gasteiger partial charge on any atom is 0.0486 e. The van der Waals surface area contributed by atoms with Gasteiger partial charge in [0.2, 0.25) is 0 Å². The Kier molecular flexibility index (Phi) is 3.57. The summed E-state index contributed by atoms with van der Waals surface area (Å²) in [5.41, 5.74) is 3.96. The summed E-state index contributed by atoms with van der Waals surface area (Å²) in [4.78, 5) is 0. The summed E-state index contributed by atoms with van der Waals surface area (Å²) in [6.07, 6.45) is 0. The zero-order valence-electron chi connectivity index (χ0n) is 12.0. The SMILES string of the molecule is CNC(C)c1cc2ccccc2n1Cc1ccccc1. The first kappa shape index (κ1) is 12.9. The van der Waals surface area contributed by atoms with Gasteiger partial charge < -0.3 is 9.88 Å². The second kappa shape index (κ2) is 5.51. The van der Waals surface area contributed by atoms with Gasteiger partial charge >= 0.3 is 0 Å².